The largest absolute Gasteiger partial charge is 0.467 e. The SMILES string of the molecule is CCNc1nc(OC)nc(N(CC(C)C)C2CCCC2)n1. The number of methoxy groups -OCH3 is 1. The van der Waals surface area contributed by atoms with Crippen LogP contribution in [0.5, 0.6) is 6.01 Å². The third-order valence-electron chi connectivity index (χ3n) is 3.70. The fourth-order valence-electron chi connectivity index (χ4n) is 2.81. The van der Waals surface area contributed by atoms with Gasteiger partial charge in [-0.15, -0.1) is 0 Å². The van der Waals surface area contributed by atoms with Crippen molar-refractivity contribution in [1.29, 1.82) is 0 Å². The van der Waals surface area contributed by atoms with Gasteiger partial charge in [0.2, 0.25) is 11.9 Å². The summed E-state index contributed by atoms with van der Waals surface area (Å²) in [5.41, 5.74) is 0. The van der Waals surface area contributed by atoms with E-state index in [1.165, 1.54) is 25.7 Å². The van der Waals surface area contributed by atoms with Crippen LogP contribution >= 0.6 is 0 Å². The van der Waals surface area contributed by atoms with Crippen molar-refractivity contribution >= 4 is 11.9 Å². The quantitative estimate of drug-likeness (QED) is 0.834. The van der Waals surface area contributed by atoms with E-state index >= 15 is 0 Å². The molecule has 118 valence electrons. The van der Waals surface area contributed by atoms with E-state index in [0.29, 0.717) is 23.9 Å². The molecule has 0 aliphatic heterocycles. The second-order valence-corrected chi connectivity index (χ2v) is 5.96. The lowest BCUT2D eigenvalue weighted by atomic mass is 10.1. The molecule has 0 unspecified atom stereocenters. The van der Waals surface area contributed by atoms with Gasteiger partial charge in [0.05, 0.1) is 7.11 Å². The molecular formula is C15H27N5O. The minimum absolute atomic E-state index is 0.378. The number of aromatic nitrogens is 3. The molecule has 1 aliphatic rings. The summed E-state index contributed by atoms with van der Waals surface area (Å²) in [5.74, 6) is 1.89. The maximum atomic E-state index is 5.23. The fourth-order valence-corrected chi connectivity index (χ4v) is 2.81. The van der Waals surface area contributed by atoms with Crippen LogP contribution in [0.2, 0.25) is 0 Å². The van der Waals surface area contributed by atoms with E-state index in [2.05, 4.69) is 39.0 Å². The van der Waals surface area contributed by atoms with E-state index in [1.54, 1.807) is 7.11 Å². The van der Waals surface area contributed by atoms with E-state index < -0.39 is 0 Å². The highest BCUT2D eigenvalue weighted by molar-refractivity contribution is 5.39. The molecule has 1 aromatic heterocycles. The average molecular weight is 293 g/mol. The Labute approximate surface area is 127 Å². The smallest absolute Gasteiger partial charge is 0.322 e. The van der Waals surface area contributed by atoms with Gasteiger partial charge in [0, 0.05) is 19.1 Å². The lowest BCUT2D eigenvalue weighted by Crippen LogP contribution is -2.37. The van der Waals surface area contributed by atoms with E-state index in [-0.39, 0.29) is 0 Å². The molecule has 1 N–H and O–H groups in total. The van der Waals surface area contributed by atoms with Crippen molar-refractivity contribution < 1.29 is 4.74 Å². The molecule has 6 heteroatoms. The van der Waals surface area contributed by atoms with Gasteiger partial charge in [0.15, 0.2) is 0 Å². The van der Waals surface area contributed by atoms with Crippen molar-refractivity contribution in [3.05, 3.63) is 0 Å². The van der Waals surface area contributed by atoms with Gasteiger partial charge >= 0.3 is 6.01 Å². The highest BCUT2D eigenvalue weighted by Crippen LogP contribution is 2.28. The van der Waals surface area contributed by atoms with Crippen molar-refractivity contribution in [3.63, 3.8) is 0 Å². The van der Waals surface area contributed by atoms with Crippen LogP contribution in [0.3, 0.4) is 0 Å². The molecule has 21 heavy (non-hydrogen) atoms. The topological polar surface area (TPSA) is 63.2 Å². The van der Waals surface area contributed by atoms with E-state index in [1.807, 2.05) is 6.92 Å². The van der Waals surface area contributed by atoms with Crippen molar-refractivity contribution in [3.8, 4) is 6.01 Å². The van der Waals surface area contributed by atoms with Crippen LogP contribution in [0.1, 0.15) is 46.5 Å². The van der Waals surface area contributed by atoms with Crippen LogP contribution in [-0.2, 0) is 0 Å². The summed E-state index contributed by atoms with van der Waals surface area (Å²) in [6.07, 6.45) is 5.03. The number of nitrogens with zero attached hydrogens (tertiary/aromatic N) is 4. The minimum atomic E-state index is 0.378. The van der Waals surface area contributed by atoms with E-state index in [4.69, 9.17) is 4.74 Å². The van der Waals surface area contributed by atoms with Gasteiger partial charge in [-0.25, -0.2) is 0 Å². The van der Waals surface area contributed by atoms with Gasteiger partial charge in [0.25, 0.3) is 0 Å². The Balaban J connectivity index is 2.30. The van der Waals surface area contributed by atoms with E-state index in [0.717, 1.165) is 19.0 Å². The number of hydrogen-bond acceptors (Lipinski definition) is 6. The van der Waals surface area contributed by atoms with Crippen LogP contribution in [-0.4, -0.2) is 41.2 Å². The molecule has 0 aromatic carbocycles. The Morgan fingerprint density at radius 3 is 2.52 bits per heavy atom. The molecule has 1 heterocycles. The molecule has 1 saturated carbocycles. The minimum Gasteiger partial charge on any atom is -0.467 e. The zero-order valence-corrected chi connectivity index (χ0v) is 13.6. The number of hydrogen-bond donors (Lipinski definition) is 1. The van der Waals surface area contributed by atoms with Crippen molar-refractivity contribution in [2.24, 2.45) is 5.92 Å². The number of anilines is 2. The van der Waals surface area contributed by atoms with Gasteiger partial charge in [-0.2, -0.15) is 15.0 Å². The molecule has 0 bridgehead atoms. The Morgan fingerprint density at radius 1 is 1.24 bits per heavy atom. The first-order valence-corrected chi connectivity index (χ1v) is 7.94. The molecule has 0 amide bonds. The second kappa shape index (κ2) is 7.43. The average Bonchev–Trinajstić information content (AvgIpc) is 2.98. The first-order chi connectivity index (χ1) is 10.1. The van der Waals surface area contributed by atoms with E-state index in [9.17, 15) is 0 Å². The summed E-state index contributed by atoms with van der Waals surface area (Å²) in [7, 11) is 1.59. The summed E-state index contributed by atoms with van der Waals surface area (Å²) in [6, 6.07) is 0.914. The van der Waals surface area contributed by atoms with Crippen molar-refractivity contribution in [2.75, 3.05) is 30.4 Å². The fraction of sp³-hybridized carbons (Fsp3) is 0.800. The lowest BCUT2D eigenvalue weighted by molar-refractivity contribution is 0.377. The molecule has 6 nitrogen and oxygen atoms in total. The zero-order valence-electron chi connectivity index (χ0n) is 13.6. The molecular weight excluding hydrogens is 266 g/mol. The van der Waals surface area contributed by atoms with Gasteiger partial charge in [-0.1, -0.05) is 26.7 Å². The maximum absolute atomic E-state index is 5.23. The molecule has 0 atom stereocenters. The molecule has 0 spiro atoms. The Morgan fingerprint density at radius 2 is 1.95 bits per heavy atom. The van der Waals surface area contributed by atoms with Crippen molar-refractivity contribution in [2.45, 2.75) is 52.5 Å². The first-order valence-electron chi connectivity index (χ1n) is 7.94. The van der Waals surface area contributed by atoms with Gasteiger partial charge in [-0.05, 0) is 25.7 Å². The van der Waals surface area contributed by atoms with Crippen molar-refractivity contribution in [1.82, 2.24) is 15.0 Å². The zero-order chi connectivity index (χ0) is 15.2. The normalized spacial score (nSPS) is 15.5. The molecule has 1 fully saturated rings. The Kier molecular flexibility index (Phi) is 5.59. The molecule has 0 radical (unpaired) electrons. The lowest BCUT2D eigenvalue weighted by Gasteiger charge is -2.30. The summed E-state index contributed by atoms with van der Waals surface area (Å²) < 4.78 is 5.23. The molecule has 1 aromatic rings. The van der Waals surface area contributed by atoms with Crippen LogP contribution < -0.4 is 15.0 Å². The van der Waals surface area contributed by atoms with Crippen LogP contribution in [0.15, 0.2) is 0 Å². The van der Waals surface area contributed by atoms with Gasteiger partial charge in [-0.3, -0.25) is 0 Å². The maximum Gasteiger partial charge on any atom is 0.322 e. The monoisotopic (exact) mass is 293 g/mol. The van der Waals surface area contributed by atoms with Gasteiger partial charge in [0.1, 0.15) is 0 Å². The predicted molar refractivity (Wildman–Crippen MR) is 85.0 cm³/mol. The third kappa shape index (κ3) is 4.19. The molecule has 0 saturated heterocycles. The third-order valence-corrected chi connectivity index (χ3v) is 3.70. The molecule has 1 aliphatic carbocycles. The first kappa shape index (κ1) is 15.8. The molecule has 2 rings (SSSR count). The van der Waals surface area contributed by atoms with Crippen LogP contribution in [0.25, 0.3) is 0 Å². The number of ether oxygens (including phenoxy) is 1. The van der Waals surface area contributed by atoms with Crippen LogP contribution in [0, 0.1) is 5.92 Å². The Hall–Kier alpha value is -1.59. The Bertz CT molecular complexity index is 446. The summed E-state index contributed by atoms with van der Waals surface area (Å²) in [5, 5.41) is 3.15. The standard InChI is InChI=1S/C15H27N5O/c1-5-16-13-17-14(19-15(18-13)21-4)20(10-11(2)3)12-8-6-7-9-12/h11-12H,5-10H2,1-4H3,(H,16,17,18,19). The van der Waals surface area contributed by atoms with Gasteiger partial charge < -0.3 is 15.0 Å². The predicted octanol–water partition coefficient (Wildman–Crippen LogP) is 2.72. The second-order valence-electron chi connectivity index (χ2n) is 5.96. The van der Waals surface area contributed by atoms with Crippen LogP contribution in [0.4, 0.5) is 11.9 Å². The highest BCUT2D eigenvalue weighted by Gasteiger charge is 2.26. The number of nitrogens with one attached hydrogen (secondary N) is 1. The highest BCUT2D eigenvalue weighted by atomic mass is 16.5. The summed E-state index contributed by atoms with van der Waals surface area (Å²) in [6.45, 7) is 8.22. The number of rotatable bonds is 7. The summed E-state index contributed by atoms with van der Waals surface area (Å²) in [4.78, 5) is 15.6. The summed E-state index contributed by atoms with van der Waals surface area (Å²) >= 11 is 0.